The molecule has 0 radical (unpaired) electrons. The minimum Gasteiger partial charge on any atom is -0.486 e. The van der Waals surface area contributed by atoms with Crippen molar-refractivity contribution in [2.45, 2.75) is 45.1 Å². The van der Waals surface area contributed by atoms with Gasteiger partial charge in [-0.05, 0) is 56.0 Å². The van der Waals surface area contributed by atoms with E-state index in [1.165, 1.54) is 36.8 Å². The van der Waals surface area contributed by atoms with Crippen molar-refractivity contribution in [2.24, 2.45) is 0 Å². The van der Waals surface area contributed by atoms with Gasteiger partial charge in [-0.25, -0.2) is 0 Å². The summed E-state index contributed by atoms with van der Waals surface area (Å²) in [5, 5.41) is 3.67. The van der Waals surface area contributed by atoms with E-state index in [4.69, 9.17) is 9.47 Å². The molecule has 0 bridgehead atoms. The number of hydrogen-bond acceptors (Lipinski definition) is 3. The second-order valence-electron chi connectivity index (χ2n) is 5.61. The summed E-state index contributed by atoms with van der Waals surface area (Å²) in [5.74, 6) is 1.81. The number of hydrogen-bond donors (Lipinski definition) is 1. The average molecular weight is 261 g/mol. The third kappa shape index (κ3) is 3.03. The maximum Gasteiger partial charge on any atom is 0.161 e. The average Bonchev–Trinajstić information content (AvgIpc) is 2.92. The van der Waals surface area contributed by atoms with Gasteiger partial charge in [0.15, 0.2) is 11.5 Å². The first-order valence-electron chi connectivity index (χ1n) is 7.45. The lowest BCUT2D eigenvalue weighted by Gasteiger charge is -2.20. The summed E-state index contributed by atoms with van der Waals surface area (Å²) in [7, 11) is 0. The first-order chi connectivity index (χ1) is 9.33. The number of rotatable bonds is 4. The monoisotopic (exact) mass is 261 g/mol. The fraction of sp³-hybridized carbons (Fsp3) is 0.625. The molecule has 0 aromatic heterocycles. The van der Waals surface area contributed by atoms with Crippen LogP contribution in [0.25, 0.3) is 0 Å². The van der Waals surface area contributed by atoms with Gasteiger partial charge in [0.2, 0.25) is 0 Å². The summed E-state index contributed by atoms with van der Waals surface area (Å²) in [6.45, 7) is 4.54. The fourth-order valence-electron chi connectivity index (χ4n) is 3.04. The van der Waals surface area contributed by atoms with Gasteiger partial charge < -0.3 is 14.8 Å². The highest BCUT2D eigenvalue weighted by Crippen LogP contribution is 2.33. The molecule has 3 heteroatoms. The van der Waals surface area contributed by atoms with Gasteiger partial charge in [0.05, 0.1) is 0 Å². The van der Waals surface area contributed by atoms with Gasteiger partial charge >= 0.3 is 0 Å². The molecule has 1 aromatic carbocycles. The Hall–Kier alpha value is -1.22. The van der Waals surface area contributed by atoms with Crippen molar-refractivity contribution in [3.8, 4) is 11.5 Å². The molecule has 1 aliphatic carbocycles. The Morgan fingerprint density at radius 2 is 1.79 bits per heavy atom. The largest absolute Gasteiger partial charge is 0.486 e. The number of fused-ring (bicyclic) bond motifs is 1. The molecular weight excluding hydrogens is 238 g/mol. The molecule has 3 rings (SSSR count). The zero-order chi connectivity index (χ0) is 13.1. The summed E-state index contributed by atoms with van der Waals surface area (Å²) >= 11 is 0. The Bertz CT molecular complexity index is 439. The predicted molar refractivity (Wildman–Crippen MR) is 76.1 cm³/mol. The van der Waals surface area contributed by atoms with Gasteiger partial charge in [-0.15, -0.1) is 0 Å². The Kier molecular flexibility index (Phi) is 3.92. The van der Waals surface area contributed by atoms with Crippen LogP contribution in [0.2, 0.25) is 0 Å². The summed E-state index contributed by atoms with van der Waals surface area (Å²) in [6.07, 6.45) is 6.54. The van der Waals surface area contributed by atoms with Crippen molar-refractivity contribution < 1.29 is 9.47 Å². The lowest BCUT2D eigenvalue weighted by molar-refractivity contribution is 0.171. The molecule has 1 aliphatic heterocycles. The molecule has 1 N–H and O–H groups in total. The molecule has 0 saturated heterocycles. The lowest BCUT2D eigenvalue weighted by atomic mass is 10.0. The van der Waals surface area contributed by atoms with Crippen LogP contribution in [0.15, 0.2) is 12.1 Å². The van der Waals surface area contributed by atoms with Gasteiger partial charge in [-0.3, -0.25) is 0 Å². The second-order valence-corrected chi connectivity index (χ2v) is 5.61. The van der Waals surface area contributed by atoms with Crippen molar-refractivity contribution in [1.82, 2.24) is 5.32 Å². The van der Waals surface area contributed by atoms with E-state index in [0.717, 1.165) is 30.5 Å². The minimum absolute atomic E-state index is 0.662. The molecule has 1 saturated carbocycles. The predicted octanol–water partition coefficient (Wildman–Crippen LogP) is 2.84. The SMILES string of the molecule is Cc1cc2c(cc1CCNC1CCCC1)OCCO2. The molecule has 0 spiro atoms. The molecule has 0 amide bonds. The first-order valence-corrected chi connectivity index (χ1v) is 7.45. The molecule has 1 heterocycles. The molecule has 0 unspecified atom stereocenters. The van der Waals surface area contributed by atoms with E-state index in [2.05, 4.69) is 24.4 Å². The van der Waals surface area contributed by atoms with E-state index < -0.39 is 0 Å². The van der Waals surface area contributed by atoms with Crippen LogP contribution < -0.4 is 14.8 Å². The lowest BCUT2D eigenvalue weighted by Crippen LogP contribution is -2.28. The number of nitrogens with one attached hydrogen (secondary N) is 1. The highest BCUT2D eigenvalue weighted by molar-refractivity contribution is 5.47. The van der Waals surface area contributed by atoms with E-state index in [9.17, 15) is 0 Å². The van der Waals surface area contributed by atoms with Crippen LogP contribution in [0.4, 0.5) is 0 Å². The van der Waals surface area contributed by atoms with Crippen LogP contribution in [0.3, 0.4) is 0 Å². The molecule has 2 aliphatic rings. The molecule has 1 aromatic rings. The zero-order valence-corrected chi connectivity index (χ0v) is 11.7. The number of aryl methyl sites for hydroxylation is 1. The Morgan fingerprint density at radius 1 is 1.11 bits per heavy atom. The van der Waals surface area contributed by atoms with Crippen LogP contribution in [0.1, 0.15) is 36.8 Å². The van der Waals surface area contributed by atoms with Crippen LogP contribution in [-0.2, 0) is 6.42 Å². The molecular formula is C16H23NO2. The Balaban J connectivity index is 1.60. The minimum atomic E-state index is 0.662. The quantitative estimate of drug-likeness (QED) is 0.904. The topological polar surface area (TPSA) is 30.5 Å². The molecule has 0 atom stereocenters. The maximum atomic E-state index is 5.65. The Morgan fingerprint density at radius 3 is 2.53 bits per heavy atom. The van der Waals surface area contributed by atoms with Crippen LogP contribution in [0, 0.1) is 6.92 Å². The van der Waals surface area contributed by atoms with E-state index in [0.29, 0.717) is 13.2 Å². The summed E-state index contributed by atoms with van der Waals surface area (Å²) in [5.41, 5.74) is 2.67. The maximum absolute atomic E-state index is 5.65. The summed E-state index contributed by atoms with van der Waals surface area (Å²) in [6, 6.07) is 5.01. The van der Waals surface area contributed by atoms with Gasteiger partial charge in [0, 0.05) is 6.04 Å². The fourth-order valence-corrected chi connectivity index (χ4v) is 3.04. The summed E-state index contributed by atoms with van der Waals surface area (Å²) in [4.78, 5) is 0. The van der Waals surface area contributed by atoms with Gasteiger partial charge in [-0.1, -0.05) is 12.8 Å². The van der Waals surface area contributed by atoms with Crippen molar-refractivity contribution in [1.29, 1.82) is 0 Å². The number of ether oxygens (including phenoxy) is 2. The normalized spacial score (nSPS) is 18.8. The molecule has 3 nitrogen and oxygen atoms in total. The van der Waals surface area contributed by atoms with Gasteiger partial charge in [0.1, 0.15) is 13.2 Å². The highest BCUT2D eigenvalue weighted by Gasteiger charge is 2.16. The van der Waals surface area contributed by atoms with E-state index >= 15 is 0 Å². The molecule has 104 valence electrons. The third-order valence-electron chi connectivity index (χ3n) is 4.18. The van der Waals surface area contributed by atoms with Crippen LogP contribution in [-0.4, -0.2) is 25.8 Å². The van der Waals surface area contributed by atoms with Crippen molar-refractivity contribution in [3.05, 3.63) is 23.3 Å². The highest BCUT2D eigenvalue weighted by atomic mass is 16.6. The zero-order valence-electron chi connectivity index (χ0n) is 11.7. The smallest absolute Gasteiger partial charge is 0.161 e. The number of benzene rings is 1. The standard InChI is InChI=1S/C16H23NO2/c1-12-10-15-16(19-9-8-18-15)11-13(12)6-7-17-14-4-2-3-5-14/h10-11,14,17H,2-9H2,1H3. The summed E-state index contributed by atoms with van der Waals surface area (Å²) < 4.78 is 11.3. The van der Waals surface area contributed by atoms with E-state index in [1.807, 2.05) is 0 Å². The second kappa shape index (κ2) is 5.83. The first kappa shape index (κ1) is 12.8. The van der Waals surface area contributed by atoms with Crippen molar-refractivity contribution in [3.63, 3.8) is 0 Å². The Labute approximate surface area is 115 Å². The van der Waals surface area contributed by atoms with E-state index in [1.54, 1.807) is 0 Å². The third-order valence-corrected chi connectivity index (χ3v) is 4.18. The van der Waals surface area contributed by atoms with Crippen LogP contribution in [0.5, 0.6) is 11.5 Å². The molecule has 1 fully saturated rings. The van der Waals surface area contributed by atoms with Gasteiger partial charge in [0.25, 0.3) is 0 Å². The van der Waals surface area contributed by atoms with Crippen molar-refractivity contribution in [2.75, 3.05) is 19.8 Å². The van der Waals surface area contributed by atoms with E-state index in [-0.39, 0.29) is 0 Å². The van der Waals surface area contributed by atoms with Crippen LogP contribution >= 0.6 is 0 Å². The van der Waals surface area contributed by atoms with Gasteiger partial charge in [-0.2, -0.15) is 0 Å². The van der Waals surface area contributed by atoms with Crippen molar-refractivity contribution >= 4 is 0 Å². The molecule has 19 heavy (non-hydrogen) atoms.